The largest absolute Gasteiger partial charge is 0.465 e. The quantitative estimate of drug-likeness (QED) is 0.152. The van der Waals surface area contributed by atoms with Gasteiger partial charge >= 0.3 is 11.3 Å². The van der Waals surface area contributed by atoms with Crippen LogP contribution in [0.25, 0.3) is 68.5 Å². The smallest absolute Gasteiger partial charge is 0.344 e. The number of rotatable bonds is 6. The van der Waals surface area contributed by atoms with Crippen molar-refractivity contribution in [3.63, 3.8) is 0 Å². The van der Waals surface area contributed by atoms with Crippen molar-refractivity contribution >= 4 is 46.2 Å². The highest BCUT2D eigenvalue weighted by molar-refractivity contribution is 6.06. The third kappa shape index (κ3) is 4.61. The van der Waals surface area contributed by atoms with Gasteiger partial charge in [-0.2, -0.15) is 0 Å². The van der Waals surface area contributed by atoms with Gasteiger partial charge in [-0.1, -0.05) is 60.7 Å². The first-order chi connectivity index (χ1) is 20.7. The van der Waals surface area contributed by atoms with Crippen LogP contribution in [0.15, 0.2) is 137 Å². The Morgan fingerprint density at radius 1 is 0.476 bits per heavy atom. The molecule has 0 aliphatic heterocycles. The highest BCUT2D eigenvalue weighted by Gasteiger charge is 2.20. The number of benzene rings is 3. The molecule has 7 rings (SSSR count). The monoisotopic (exact) mass is 550 g/mol. The van der Waals surface area contributed by atoms with E-state index in [4.69, 9.17) is 17.7 Å². The molecule has 0 aliphatic carbocycles. The summed E-state index contributed by atoms with van der Waals surface area (Å²) in [7, 11) is 0. The van der Waals surface area contributed by atoms with Crippen molar-refractivity contribution in [2.45, 2.75) is 0 Å². The maximum absolute atomic E-state index is 13.4. The first kappa shape index (κ1) is 25.1. The number of furan rings is 2. The lowest BCUT2D eigenvalue weighted by Gasteiger charge is -2.12. The molecule has 0 atom stereocenters. The van der Waals surface area contributed by atoms with Crippen LogP contribution in [0.2, 0.25) is 0 Å². The van der Waals surface area contributed by atoms with Gasteiger partial charge in [0.05, 0.1) is 23.7 Å². The second-order valence-corrected chi connectivity index (χ2v) is 9.63. The van der Waals surface area contributed by atoms with Crippen LogP contribution in [0.4, 0.5) is 0 Å². The maximum atomic E-state index is 13.4. The van der Waals surface area contributed by atoms with E-state index in [-0.39, 0.29) is 0 Å². The van der Waals surface area contributed by atoms with Crippen LogP contribution in [-0.2, 0) is 0 Å². The van der Waals surface area contributed by atoms with Crippen molar-refractivity contribution in [2.24, 2.45) is 0 Å². The van der Waals surface area contributed by atoms with Crippen molar-refractivity contribution in [1.29, 1.82) is 0 Å². The van der Waals surface area contributed by atoms with Crippen molar-refractivity contribution < 1.29 is 17.7 Å². The fourth-order valence-electron chi connectivity index (χ4n) is 5.15. The van der Waals surface area contributed by atoms with Gasteiger partial charge in [0.1, 0.15) is 22.7 Å². The van der Waals surface area contributed by atoms with E-state index in [1.54, 1.807) is 30.7 Å². The first-order valence-corrected chi connectivity index (χ1v) is 13.3. The third-order valence-electron chi connectivity index (χ3n) is 7.05. The Morgan fingerprint density at radius 3 is 1.33 bits per heavy atom. The molecule has 42 heavy (non-hydrogen) atoms. The SMILES string of the molecule is O=c1oc2cc3oc(=O)c(-c4ccccc4)c(/C=C/c4ccco4)c3cc2c(/C=C/c2ccco2)c1-c1ccccc1. The van der Waals surface area contributed by atoms with E-state index < -0.39 is 11.3 Å². The minimum atomic E-state index is -0.506. The van der Waals surface area contributed by atoms with Gasteiger partial charge in [0.2, 0.25) is 0 Å². The lowest BCUT2D eigenvalue weighted by atomic mass is 9.94. The molecule has 0 bridgehead atoms. The van der Waals surface area contributed by atoms with Gasteiger partial charge < -0.3 is 17.7 Å². The first-order valence-electron chi connectivity index (χ1n) is 13.3. The molecule has 7 aromatic rings. The van der Waals surface area contributed by atoms with E-state index in [2.05, 4.69) is 0 Å². The molecule has 6 nitrogen and oxygen atoms in total. The van der Waals surface area contributed by atoms with Crippen molar-refractivity contribution in [2.75, 3.05) is 0 Å². The van der Waals surface area contributed by atoms with Crippen LogP contribution in [-0.4, -0.2) is 0 Å². The van der Waals surface area contributed by atoms with Crippen molar-refractivity contribution in [3.8, 4) is 22.3 Å². The molecule has 0 N–H and O–H groups in total. The summed E-state index contributed by atoms with van der Waals surface area (Å²) in [5, 5.41) is 1.34. The Balaban J connectivity index is 1.58. The highest BCUT2D eigenvalue weighted by atomic mass is 16.4. The summed E-state index contributed by atoms with van der Waals surface area (Å²) >= 11 is 0. The van der Waals surface area contributed by atoms with Gasteiger partial charge in [-0.15, -0.1) is 0 Å². The normalized spacial score (nSPS) is 11.8. The minimum Gasteiger partial charge on any atom is -0.465 e. The average Bonchev–Trinajstić information content (AvgIpc) is 3.73. The molecular formula is C36H22O6. The summed E-state index contributed by atoms with van der Waals surface area (Å²) in [6.07, 6.45) is 10.5. The van der Waals surface area contributed by atoms with Crippen LogP contribution in [0.5, 0.6) is 0 Å². The number of hydrogen-bond acceptors (Lipinski definition) is 6. The third-order valence-corrected chi connectivity index (χ3v) is 7.05. The fraction of sp³-hybridized carbons (Fsp3) is 0. The lowest BCUT2D eigenvalue weighted by molar-refractivity contribution is 0.551. The second kappa shape index (κ2) is 10.6. The summed E-state index contributed by atoms with van der Waals surface area (Å²) in [6, 6.07) is 29.5. The highest BCUT2D eigenvalue weighted by Crippen LogP contribution is 2.35. The standard InChI is InChI=1S/C36H22O6/c37-35-33(23-9-3-1-4-10-23)27(17-15-25-13-7-19-39-25)29-21-30-28(18-16-26-14-8-20-40-26)34(24-11-5-2-6-12-24)36(38)42-32(30)22-31(29)41-35/h1-22H/b17-15+,18-16+. The Labute approximate surface area is 239 Å². The Kier molecular flexibility index (Phi) is 6.33. The molecule has 0 amide bonds. The predicted molar refractivity (Wildman–Crippen MR) is 165 cm³/mol. The van der Waals surface area contributed by atoms with Crippen LogP contribution in [0, 0.1) is 0 Å². The average molecular weight is 551 g/mol. The number of fused-ring (bicyclic) bond motifs is 2. The van der Waals surface area contributed by atoms with E-state index >= 15 is 0 Å². The summed E-state index contributed by atoms with van der Waals surface area (Å²) in [5.74, 6) is 1.27. The van der Waals surface area contributed by atoms with Crippen LogP contribution in [0.1, 0.15) is 22.6 Å². The summed E-state index contributed by atoms with van der Waals surface area (Å²) < 4.78 is 22.7. The van der Waals surface area contributed by atoms with Crippen LogP contribution in [0.3, 0.4) is 0 Å². The zero-order valence-electron chi connectivity index (χ0n) is 22.2. The number of hydrogen-bond donors (Lipinski definition) is 0. The lowest BCUT2D eigenvalue weighted by Crippen LogP contribution is -2.08. The van der Waals surface area contributed by atoms with E-state index in [9.17, 15) is 9.59 Å². The molecule has 0 saturated carbocycles. The fourth-order valence-corrected chi connectivity index (χ4v) is 5.15. The Bertz CT molecular complexity index is 2040. The molecule has 4 heterocycles. The van der Waals surface area contributed by atoms with Crippen molar-refractivity contribution in [1.82, 2.24) is 0 Å². The van der Waals surface area contributed by atoms with Crippen LogP contribution >= 0.6 is 0 Å². The van der Waals surface area contributed by atoms with Gasteiger partial charge in [-0.05, 0) is 65.8 Å². The molecule has 0 spiro atoms. The van der Waals surface area contributed by atoms with Gasteiger partial charge in [0.15, 0.2) is 0 Å². The molecule has 0 saturated heterocycles. The van der Waals surface area contributed by atoms with Gasteiger partial charge in [-0.25, -0.2) is 9.59 Å². The topological polar surface area (TPSA) is 86.7 Å². The maximum Gasteiger partial charge on any atom is 0.344 e. The molecule has 0 radical (unpaired) electrons. The van der Waals surface area contributed by atoms with E-state index in [1.807, 2.05) is 103 Å². The molecule has 4 aromatic heterocycles. The molecule has 0 aliphatic rings. The Hall–Kier alpha value is -5.88. The van der Waals surface area contributed by atoms with E-state index in [0.717, 1.165) is 11.1 Å². The van der Waals surface area contributed by atoms with Crippen molar-refractivity contribution in [3.05, 3.63) is 153 Å². The summed E-state index contributed by atoms with van der Waals surface area (Å²) in [4.78, 5) is 26.8. The molecule has 3 aromatic carbocycles. The zero-order chi connectivity index (χ0) is 28.5. The Morgan fingerprint density at radius 2 is 0.929 bits per heavy atom. The molecule has 202 valence electrons. The van der Waals surface area contributed by atoms with Gasteiger partial charge in [0.25, 0.3) is 0 Å². The summed E-state index contributed by atoms with van der Waals surface area (Å²) in [5.41, 5.74) is 3.15. The van der Waals surface area contributed by atoms with Gasteiger partial charge in [-0.3, -0.25) is 0 Å². The summed E-state index contributed by atoms with van der Waals surface area (Å²) in [6.45, 7) is 0. The minimum absolute atomic E-state index is 0.294. The van der Waals surface area contributed by atoms with E-state index in [1.165, 1.54) is 0 Å². The molecule has 0 fully saturated rings. The zero-order valence-corrected chi connectivity index (χ0v) is 22.2. The molecule has 0 unspecified atom stereocenters. The predicted octanol–water partition coefficient (Wildman–Crippen LogP) is 8.76. The van der Waals surface area contributed by atoms with E-state index in [0.29, 0.717) is 55.7 Å². The van der Waals surface area contributed by atoms with Crippen LogP contribution < -0.4 is 11.3 Å². The van der Waals surface area contributed by atoms with Gasteiger partial charge in [0, 0.05) is 28.0 Å². The second-order valence-electron chi connectivity index (χ2n) is 9.63. The molecule has 6 heteroatoms. The molecular weight excluding hydrogens is 528 g/mol.